The second-order valence-electron chi connectivity index (χ2n) is 7.14. The fourth-order valence-corrected chi connectivity index (χ4v) is 6.16. The van der Waals surface area contributed by atoms with Crippen LogP contribution in [-0.2, 0) is 21.2 Å². The lowest BCUT2D eigenvalue weighted by atomic mass is 9.93. The van der Waals surface area contributed by atoms with Crippen LogP contribution in [0.2, 0.25) is 5.02 Å². The second kappa shape index (κ2) is 7.66. The van der Waals surface area contributed by atoms with Crippen molar-refractivity contribution in [3.8, 4) is 0 Å². The predicted octanol–water partition coefficient (Wildman–Crippen LogP) is 4.60. The Morgan fingerprint density at radius 1 is 1.31 bits per heavy atom. The molecule has 1 aromatic carbocycles. The summed E-state index contributed by atoms with van der Waals surface area (Å²) in [5, 5.41) is 10.6. The summed E-state index contributed by atoms with van der Waals surface area (Å²) in [6, 6.07) is 9.10. The van der Waals surface area contributed by atoms with E-state index in [0.717, 1.165) is 46.6 Å². The maximum Gasteiger partial charge on any atom is 0.304 e. The third-order valence-corrected chi connectivity index (χ3v) is 7.45. The molecule has 0 saturated heterocycles. The van der Waals surface area contributed by atoms with Crippen LogP contribution in [0.4, 0.5) is 0 Å². The number of aryl methyl sites for hydroxylation is 1. The zero-order chi connectivity index (χ0) is 20.8. The first-order chi connectivity index (χ1) is 13.8. The van der Waals surface area contributed by atoms with Gasteiger partial charge < -0.3 is 9.67 Å². The summed E-state index contributed by atoms with van der Waals surface area (Å²) in [5.41, 5.74) is 1.66. The van der Waals surface area contributed by atoms with Crippen LogP contribution in [0.5, 0.6) is 0 Å². The maximum absolute atomic E-state index is 12.5. The van der Waals surface area contributed by atoms with Crippen LogP contribution >= 0.6 is 23.4 Å². The molecule has 2 aromatic heterocycles. The van der Waals surface area contributed by atoms with Crippen molar-refractivity contribution in [1.82, 2.24) is 9.55 Å². The number of rotatable bonds is 5. The number of pyridine rings is 1. The number of carboxylic acid groups (broad SMARTS) is 1. The number of carbonyl (C=O) groups is 1. The fraction of sp³-hybridized carbons (Fsp3) is 0.300. The Morgan fingerprint density at radius 2 is 2.03 bits per heavy atom. The van der Waals surface area contributed by atoms with E-state index in [2.05, 4.69) is 9.55 Å². The summed E-state index contributed by atoms with van der Waals surface area (Å²) in [6.45, 7) is 0.719. The molecule has 9 heteroatoms. The lowest BCUT2D eigenvalue weighted by Crippen LogP contribution is -2.18. The number of sulfone groups is 1. The molecule has 1 unspecified atom stereocenters. The van der Waals surface area contributed by atoms with Crippen LogP contribution < -0.4 is 0 Å². The highest BCUT2D eigenvalue weighted by atomic mass is 35.5. The Hall–Kier alpha value is -2.03. The Bertz CT molecular complexity index is 1200. The number of aromatic nitrogens is 2. The smallest absolute Gasteiger partial charge is 0.304 e. The van der Waals surface area contributed by atoms with E-state index in [1.54, 1.807) is 12.1 Å². The zero-order valence-electron chi connectivity index (χ0n) is 15.6. The highest BCUT2D eigenvalue weighted by Crippen LogP contribution is 2.47. The maximum atomic E-state index is 12.5. The Labute approximate surface area is 177 Å². The van der Waals surface area contributed by atoms with E-state index >= 15 is 0 Å². The fourth-order valence-electron chi connectivity index (χ4n) is 3.95. The molecule has 4 rings (SSSR count). The highest BCUT2D eigenvalue weighted by Gasteiger charge is 2.32. The van der Waals surface area contributed by atoms with Crippen LogP contribution in [0.1, 0.15) is 30.9 Å². The minimum atomic E-state index is -3.57. The first-order valence-corrected chi connectivity index (χ1v) is 12.2. The molecule has 1 aliphatic rings. The van der Waals surface area contributed by atoms with Crippen molar-refractivity contribution < 1.29 is 18.3 Å². The molecule has 1 N–H and O–H groups in total. The van der Waals surface area contributed by atoms with Gasteiger partial charge >= 0.3 is 5.97 Å². The van der Waals surface area contributed by atoms with Gasteiger partial charge in [-0.25, -0.2) is 13.4 Å². The van der Waals surface area contributed by atoms with Crippen molar-refractivity contribution in [1.29, 1.82) is 0 Å². The first kappa shape index (κ1) is 20.3. The summed E-state index contributed by atoms with van der Waals surface area (Å²) >= 11 is 7.43. The van der Waals surface area contributed by atoms with E-state index in [0.29, 0.717) is 10.4 Å². The third kappa shape index (κ3) is 3.89. The van der Waals surface area contributed by atoms with Crippen LogP contribution in [0, 0.1) is 0 Å². The number of halogens is 1. The lowest BCUT2D eigenvalue weighted by Gasteiger charge is -2.25. The number of hydrogen-bond acceptors (Lipinski definition) is 5. The third-order valence-electron chi connectivity index (χ3n) is 5.06. The van der Waals surface area contributed by atoms with Crippen molar-refractivity contribution >= 4 is 50.1 Å². The topological polar surface area (TPSA) is 89.3 Å². The molecule has 0 spiro atoms. The van der Waals surface area contributed by atoms with Gasteiger partial charge in [0.25, 0.3) is 0 Å². The monoisotopic (exact) mass is 450 g/mol. The Balaban J connectivity index is 2.01. The van der Waals surface area contributed by atoms with Crippen molar-refractivity contribution in [3.05, 3.63) is 47.2 Å². The van der Waals surface area contributed by atoms with Gasteiger partial charge in [-0.3, -0.25) is 4.79 Å². The standard InChI is InChI=1S/C20H19ClN2O4S2/c1-29(26,27)20-17-15(8-9-22-20)23-10-2-3-12(11-16(24)25)18(23)19(17)28-14-6-4-13(21)5-7-14/h4-9,12H,2-3,10-11H2,1H3,(H,24,25). The van der Waals surface area contributed by atoms with Crippen LogP contribution in [0.25, 0.3) is 10.9 Å². The molecular weight excluding hydrogens is 432 g/mol. The van der Waals surface area contributed by atoms with Gasteiger partial charge in [-0.1, -0.05) is 23.4 Å². The molecule has 0 saturated carbocycles. The highest BCUT2D eigenvalue weighted by molar-refractivity contribution is 7.99. The molecule has 0 amide bonds. The minimum absolute atomic E-state index is 0.00609. The van der Waals surface area contributed by atoms with Crippen molar-refractivity contribution in [3.63, 3.8) is 0 Å². The molecule has 0 fully saturated rings. The molecule has 6 nitrogen and oxygen atoms in total. The van der Waals surface area contributed by atoms with Crippen molar-refractivity contribution in [2.24, 2.45) is 0 Å². The normalized spacial score (nSPS) is 16.7. The van der Waals surface area contributed by atoms with Gasteiger partial charge in [-0.15, -0.1) is 0 Å². The SMILES string of the molecule is CS(=O)(=O)c1nccc2c1c(Sc1ccc(Cl)cc1)c1n2CCCC1CC(=O)O. The van der Waals surface area contributed by atoms with Gasteiger partial charge in [-0.05, 0) is 43.2 Å². The molecule has 3 heterocycles. The van der Waals surface area contributed by atoms with Gasteiger partial charge in [0, 0.05) is 45.4 Å². The van der Waals surface area contributed by atoms with Gasteiger partial charge in [0.05, 0.1) is 17.3 Å². The summed E-state index contributed by atoms with van der Waals surface area (Å²) < 4.78 is 27.0. The largest absolute Gasteiger partial charge is 0.481 e. The average Bonchev–Trinajstić information content (AvgIpc) is 2.97. The Morgan fingerprint density at radius 3 is 2.69 bits per heavy atom. The van der Waals surface area contributed by atoms with E-state index < -0.39 is 15.8 Å². The van der Waals surface area contributed by atoms with E-state index in [-0.39, 0.29) is 17.4 Å². The molecule has 29 heavy (non-hydrogen) atoms. The van der Waals surface area contributed by atoms with Gasteiger partial charge in [0.2, 0.25) is 0 Å². The molecule has 152 valence electrons. The van der Waals surface area contributed by atoms with Crippen molar-refractivity contribution in [2.75, 3.05) is 6.26 Å². The molecule has 0 bridgehead atoms. The number of nitrogens with zero attached hydrogens (tertiary/aromatic N) is 2. The van der Waals surface area contributed by atoms with Crippen LogP contribution in [0.3, 0.4) is 0 Å². The van der Waals surface area contributed by atoms with Crippen molar-refractivity contribution in [2.45, 2.75) is 46.5 Å². The summed E-state index contributed by atoms with van der Waals surface area (Å²) in [7, 11) is -3.57. The summed E-state index contributed by atoms with van der Waals surface area (Å²) in [4.78, 5) is 17.3. The second-order valence-corrected chi connectivity index (χ2v) is 10.6. The Kier molecular flexibility index (Phi) is 5.35. The van der Waals surface area contributed by atoms with E-state index in [1.807, 2.05) is 18.2 Å². The number of aliphatic carboxylic acids is 1. The van der Waals surface area contributed by atoms with Gasteiger partial charge in [0.15, 0.2) is 14.9 Å². The first-order valence-electron chi connectivity index (χ1n) is 9.12. The molecule has 1 aliphatic heterocycles. The van der Waals surface area contributed by atoms with Crippen LogP contribution in [0.15, 0.2) is 51.3 Å². The molecule has 0 radical (unpaired) electrons. The van der Waals surface area contributed by atoms with Crippen LogP contribution in [-0.4, -0.2) is 35.3 Å². The lowest BCUT2D eigenvalue weighted by molar-refractivity contribution is -0.137. The predicted molar refractivity (Wildman–Crippen MR) is 113 cm³/mol. The number of benzene rings is 1. The minimum Gasteiger partial charge on any atom is -0.481 e. The van der Waals surface area contributed by atoms with Gasteiger partial charge in [0.1, 0.15) is 0 Å². The molecule has 3 aromatic rings. The summed E-state index contributed by atoms with van der Waals surface area (Å²) in [6.07, 6.45) is 4.25. The van der Waals surface area contributed by atoms with E-state index in [4.69, 9.17) is 11.6 Å². The molecular formula is C20H19ClN2O4S2. The molecule has 0 aliphatic carbocycles. The average molecular weight is 451 g/mol. The number of hydrogen-bond donors (Lipinski definition) is 1. The molecule has 1 atom stereocenters. The quantitative estimate of drug-likeness (QED) is 0.611. The van der Waals surface area contributed by atoms with Gasteiger partial charge in [-0.2, -0.15) is 0 Å². The van der Waals surface area contributed by atoms with E-state index in [9.17, 15) is 18.3 Å². The zero-order valence-corrected chi connectivity index (χ0v) is 18.0. The number of fused-ring (bicyclic) bond motifs is 3. The number of carboxylic acids is 1. The summed E-state index contributed by atoms with van der Waals surface area (Å²) in [5.74, 6) is -1.05. The van der Waals surface area contributed by atoms with E-state index in [1.165, 1.54) is 18.0 Å².